The summed E-state index contributed by atoms with van der Waals surface area (Å²) in [5.74, 6) is -3.64. The number of hydrogen-bond acceptors (Lipinski definition) is 12. The van der Waals surface area contributed by atoms with Crippen LogP contribution < -0.4 is 10.6 Å². The summed E-state index contributed by atoms with van der Waals surface area (Å²) in [7, 11) is 8.41. The van der Waals surface area contributed by atoms with Crippen molar-refractivity contribution < 1.29 is 48.0 Å². The van der Waals surface area contributed by atoms with Crippen LogP contribution in [0.15, 0.2) is 0 Å². The minimum atomic E-state index is -1.28. The average molecular weight is 671 g/mol. The van der Waals surface area contributed by atoms with E-state index in [0.717, 1.165) is 0 Å². The van der Waals surface area contributed by atoms with E-state index >= 15 is 0 Å². The van der Waals surface area contributed by atoms with E-state index in [1.54, 1.807) is 42.0 Å². The number of likely N-dealkylation sites (N-methyl/N-ethyl adjacent to an activating group) is 2. The second-order valence-corrected chi connectivity index (χ2v) is 14.5. The first-order valence-electron chi connectivity index (χ1n) is 16.7. The topological polar surface area (TPSA) is 165 Å². The molecule has 3 aliphatic heterocycles. The van der Waals surface area contributed by atoms with Gasteiger partial charge in [-0.25, -0.2) is 4.79 Å². The second kappa shape index (κ2) is 15.5. The van der Waals surface area contributed by atoms with Crippen molar-refractivity contribution in [2.24, 2.45) is 17.8 Å². The SMILES string of the molecule is CC[C@H]1OC(=O)C(C)C(=O)[C@H](C)[C@@H](OC2OC(C(=O)N(C)C)CC(N(C)C)C2O)[C@](C)(OC)C[C@@H](C)CN[C@H](C)[C@H]2NC(=O)O[C@@]21C. The standard InChI is InChI=1S/C33H58N4O10/c1-13-23-33(7)26(35-31(42)47-33)20(5)34-16-17(2)15-32(6,43-12)27(18(3)24(38)19(4)29(41)45-23)46-30-25(39)21(36(8)9)14-22(44-30)28(40)37(10)11/h17-23,25-27,30,34,39H,13-16H2,1-12H3,(H,35,42)/t17-,18+,19?,20-,21?,22?,23-,25?,26-,27-,30?,32-,33-/m1/s1. The first-order valence-corrected chi connectivity index (χ1v) is 16.7. The zero-order chi connectivity index (χ0) is 35.6. The molecule has 14 nitrogen and oxygen atoms in total. The van der Waals surface area contributed by atoms with Crippen molar-refractivity contribution in [1.82, 2.24) is 20.4 Å². The van der Waals surface area contributed by atoms with E-state index < -0.39 is 83.7 Å². The number of carbonyl (C=O) groups is 4. The molecule has 0 aromatic heterocycles. The summed E-state index contributed by atoms with van der Waals surface area (Å²) in [6, 6.07) is -1.27. The van der Waals surface area contributed by atoms with Crippen LogP contribution in [0, 0.1) is 17.8 Å². The number of alkyl carbamates (subject to hydrolysis) is 1. The quantitative estimate of drug-likeness (QED) is 0.275. The summed E-state index contributed by atoms with van der Waals surface area (Å²) in [6.45, 7) is 13.0. The maximum atomic E-state index is 14.1. The lowest BCUT2D eigenvalue weighted by atomic mass is 9.78. The number of amides is 2. The largest absolute Gasteiger partial charge is 0.458 e. The second-order valence-electron chi connectivity index (χ2n) is 14.5. The lowest BCUT2D eigenvalue weighted by molar-refractivity contribution is -0.294. The Morgan fingerprint density at radius 3 is 2.28 bits per heavy atom. The van der Waals surface area contributed by atoms with Crippen LogP contribution in [0.1, 0.15) is 67.7 Å². The highest BCUT2D eigenvalue weighted by Gasteiger charge is 2.55. The van der Waals surface area contributed by atoms with Crippen LogP contribution >= 0.6 is 0 Å². The zero-order valence-corrected chi connectivity index (χ0v) is 30.2. The molecule has 0 radical (unpaired) electrons. The Kier molecular flexibility index (Phi) is 12.9. The molecule has 47 heavy (non-hydrogen) atoms. The van der Waals surface area contributed by atoms with Gasteiger partial charge in [-0.1, -0.05) is 20.8 Å². The molecule has 0 aromatic carbocycles. The van der Waals surface area contributed by atoms with Gasteiger partial charge in [0.1, 0.15) is 24.2 Å². The summed E-state index contributed by atoms with van der Waals surface area (Å²) in [5.41, 5.74) is -2.29. The van der Waals surface area contributed by atoms with Gasteiger partial charge in [0, 0.05) is 45.6 Å². The number of ketones is 1. The van der Waals surface area contributed by atoms with Crippen molar-refractivity contribution in [3.8, 4) is 0 Å². The number of fused-ring (bicyclic) bond motifs is 1. The molecule has 0 aliphatic carbocycles. The average Bonchev–Trinajstić information content (AvgIpc) is 3.33. The van der Waals surface area contributed by atoms with Gasteiger partial charge >= 0.3 is 12.1 Å². The van der Waals surface area contributed by atoms with Gasteiger partial charge < -0.3 is 49.2 Å². The van der Waals surface area contributed by atoms with Crippen molar-refractivity contribution in [2.75, 3.05) is 41.8 Å². The Morgan fingerprint density at radius 1 is 1.09 bits per heavy atom. The third-order valence-electron chi connectivity index (χ3n) is 10.4. The third kappa shape index (κ3) is 8.27. The van der Waals surface area contributed by atoms with Crippen molar-refractivity contribution in [1.29, 1.82) is 0 Å². The number of carbonyl (C=O) groups excluding carboxylic acids is 4. The van der Waals surface area contributed by atoms with Gasteiger partial charge in [0.25, 0.3) is 5.91 Å². The van der Waals surface area contributed by atoms with E-state index in [-0.39, 0.29) is 24.3 Å². The number of cyclic esters (lactones) is 1. The molecule has 270 valence electrons. The maximum absolute atomic E-state index is 14.1. The minimum absolute atomic E-state index is 0.0303. The van der Waals surface area contributed by atoms with Crippen LogP contribution in [0.5, 0.6) is 0 Å². The van der Waals surface area contributed by atoms with Gasteiger partial charge in [0.15, 0.2) is 17.7 Å². The van der Waals surface area contributed by atoms with E-state index in [4.69, 9.17) is 23.7 Å². The molecule has 3 fully saturated rings. The van der Waals surface area contributed by atoms with E-state index in [0.29, 0.717) is 19.4 Å². The van der Waals surface area contributed by atoms with Gasteiger partial charge in [-0.2, -0.15) is 0 Å². The molecule has 2 amide bonds. The summed E-state index contributed by atoms with van der Waals surface area (Å²) in [6.07, 6.45) is -4.74. The summed E-state index contributed by atoms with van der Waals surface area (Å²) in [4.78, 5) is 56.5. The minimum Gasteiger partial charge on any atom is -0.458 e. The molecule has 5 unspecified atom stereocenters. The van der Waals surface area contributed by atoms with Crippen LogP contribution in [0.4, 0.5) is 4.79 Å². The molecule has 3 heterocycles. The van der Waals surface area contributed by atoms with Gasteiger partial charge in [-0.3, -0.25) is 14.4 Å². The van der Waals surface area contributed by atoms with Crippen LogP contribution in [-0.2, 0) is 38.1 Å². The fraction of sp³-hybridized carbons (Fsp3) is 0.879. The molecule has 0 bridgehead atoms. The van der Waals surface area contributed by atoms with Crippen molar-refractivity contribution in [3.05, 3.63) is 0 Å². The van der Waals surface area contributed by atoms with Gasteiger partial charge in [-0.05, 0) is 67.1 Å². The smallest absolute Gasteiger partial charge is 0.408 e. The van der Waals surface area contributed by atoms with E-state index in [1.165, 1.54) is 18.9 Å². The highest BCUT2D eigenvalue weighted by molar-refractivity contribution is 6.00. The number of aliphatic hydroxyl groups excluding tert-OH is 1. The molecule has 13 atom stereocenters. The summed E-state index contributed by atoms with van der Waals surface area (Å²) < 4.78 is 30.5. The lowest BCUT2D eigenvalue weighted by Crippen LogP contribution is -2.61. The number of rotatable bonds is 6. The Balaban J connectivity index is 2.05. The first-order chi connectivity index (χ1) is 21.8. The van der Waals surface area contributed by atoms with Gasteiger partial charge in [-0.15, -0.1) is 0 Å². The number of ether oxygens (including phenoxy) is 5. The fourth-order valence-electron chi connectivity index (χ4n) is 7.39. The number of nitrogens with one attached hydrogen (secondary N) is 2. The highest BCUT2D eigenvalue weighted by atomic mass is 16.7. The summed E-state index contributed by atoms with van der Waals surface area (Å²) in [5, 5.41) is 17.8. The van der Waals surface area contributed by atoms with Gasteiger partial charge in [0.2, 0.25) is 0 Å². The lowest BCUT2D eigenvalue weighted by Gasteiger charge is -2.47. The number of nitrogens with zero attached hydrogens (tertiary/aromatic N) is 2. The molecular formula is C33H58N4O10. The number of aliphatic hydroxyl groups is 1. The van der Waals surface area contributed by atoms with E-state index in [9.17, 15) is 24.3 Å². The Labute approximate surface area is 279 Å². The number of Topliss-reactive ketones (excluding diaryl/α,β-unsaturated/α-hetero) is 1. The molecule has 0 spiro atoms. The normalized spacial score (nSPS) is 42.4. The van der Waals surface area contributed by atoms with E-state index in [1.807, 2.05) is 32.6 Å². The van der Waals surface area contributed by atoms with Crippen molar-refractivity contribution >= 4 is 23.8 Å². The Hall–Kier alpha value is -2.36. The molecular weight excluding hydrogens is 612 g/mol. The predicted octanol–water partition coefficient (Wildman–Crippen LogP) is 1.32. The van der Waals surface area contributed by atoms with Crippen LogP contribution in [0.3, 0.4) is 0 Å². The highest BCUT2D eigenvalue weighted by Crippen LogP contribution is 2.37. The third-order valence-corrected chi connectivity index (χ3v) is 10.4. The molecule has 0 aromatic rings. The Bertz CT molecular complexity index is 1140. The number of esters is 1. The van der Waals surface area contributed by atoms with Crippen molar-refractivity contribution in [2.45, 2.75) is 128 Å². The Morgan fingerprint density at radius 2 is 1.72 bits per heavy atom. The van der Waals surface area contributed by atoms with Gasteiger partial charge in [0.05, 0.1) is 17.7 Å². The predicted molar refractivity (Wildman–Crippen MR) is 172 cm³/mol. The van der Waals surface area contributed by atoms with Crippen molar-refractivity contribution in [3.63, 3.8) is 0 Å². The fourth-order valence-corrected chi connectivity index (χ4v) is 7.39. The van der Waals surface area contributed by atoms with Crippen LogP contribution in [0.2, 0.25) is 0 Å². The molecule has 3 rings (SSSR count). The molecule has 14 heteroatoms. The maximum Gasteiger partial charge on any atom is 0.408 e. The summed E-state index contributed by atoms with van der Waals surface area (Å²) >= 11 is 0. The number of hydrogen-bond donors (Lipinski definition) is 3. The van der Waals surface area contributed by atoms with E-state index in [2.05, 4.69) is 10.6 Å². The zero-order valence-electron chi connectivity index (χ0n) is 30.2. The molecule has 3 N–H and O–H groups in total. The molecule has 3 saturated heterocycles. The van der Waals surface area contributed by atoms with Crippen LogP contribution in [-0.4, -0.2) is 141 Å². The monoisotopic (exact) mass is 670 g/mol. The number of methoxy groups -OCH3 is 1. The molecule has 3 aliphatic rings. The molecule has 0 saturated carbocycles. The van der Waals surface area contributed by atoms with Crippen LogP contribution in [0.25, 0.3) is 0 Å². The first kappa shape index (κ1) is 39.1.